The highest BCUT2D eigenvalue weighted by Crippen LogP contribution is 2.36. The van der Waals surface area contributed by atoms with E-state index in [9.17, 15) is 14.4 Å². The highest BCUT2D eigenvalue weighted by Gasteiger charge is 2.23. The van der Waals surface area contributed by atoms with E-state index in [0.717, 1.165) is 16.9 Å². The number of rotatable bonds is 11. The zero-order chi connectivity index (χ0) is 29.4. The molecule has 1 heterocycles. The fourth-order valence-electron chi connectivity index (χ4n) is 3.96. The summed E-state index contributed by atoms with van der Waals surface area (Å²) in [6.45, 7) is 8.06. The molecular weight excluding hydrogens is 540 g/mol. The minimum atomic E-state index is -0.778. The summed E-state index contributed by atoms with van der Waals surface area (Å²) >= 11 is 1.26. The van der Waals surface area contributed by atoms with Crippen LogP contribution in [0.3, 0.4) is 0 Å². The van der Waals surface area contributed by atoms with Crippen molar-refractivity contribution in [2.24, 2.45) is 0 Å². The maximum atomic E-state index is 13.1. The molecule has 0 fully saturated rings. The lowest BCUT2D eigenvalue weighted by molar-refractivity contribution is -0.122. The number of aryl methyl sites for hydroxylation is 1. The van der Waals surface area contributed by atoms with Gasteiger partial charge in [0.25, 0.3) is 11.8 Å². The van der Waals surface area contributed by atoms with Gasteiger partial charge in [0.1, 0.15) is 22.1 Å². The van der Waals surface area contributed by atoms with Gasteiger partial charge in [0.2, 0.25) is 0 Å². The van der Waals surface area contributed by atoms with Crippen LogP contribution in [0.4, 0.5) is 10.7 Å². The first kappa shape index (κ1) is 29.4. The number of amides is 2. The van der Waals surface area contributed by atoms with E-state index in [2.05, 4.69) is 10.6 Å². The first-order valence-corrected chi connectivity index (χ1v) is 14.1. The van der Waals surface area contributed by atoms with Crippen molar-refractivity contribution in [3.8, 4) is 22.6 Å². The van der Waals surface area contributed by atoms with Crippen LogP contribution in [0.25, 0.3) is 11.1 Å². The molecular formula is C32H32N2O6S. The van der Waals surface area contributed by atoms with Crippen LogP contribution in [0, 0.1) is 6.92 Å². The van der Waals surface area contributed by atoms with Crippen molar-refractivity contribution in [1.29, 1.82) is 0 Å². The van der Waals surface area contributed by atoms with Gasteiger partial charge in [-0.2, -0.15) is 0 Å². The molecule has 41 heavy (non-hydrogen) atoms. The Balaban J connectivity index is 1.41. The van der Waals surface area contributed by atoms with Crippen molar-refractivity contribution in [2.45, 2.75) is 33.8 Å². The number of thiophene rings is 1. The molecule has 0 spiro atoms. The van der Waals surface area contributed by atoms with E-state index in [1.165, 1.54) is 11.3 Å². The Hall–Kier alpha value is -4.63. The van der Waals surface area contributed by atoms with Crippen LogP contribution >= 0.6 is 11.3 Å². The van der Waals surface area contributed by atoms with Gasteiger partial charge in [0.15, 0.2) is 6.10 Å². The predicted octanol–water partition coefficient (Wildman–Crippen LogP) is 6.96. The van der Waals surface area contributed by atoms with E-state index in [1.807, 2.05) is 43.5 Å². The van der Waals surface area contributed by atoms with Crippen molar-refractivity contribution in [3.63, 3.8) is 0 Å². The predicted molar refractivity (Wildman–Crippen MR) is 161 cm³/mol. The summed E-state index contributed by atoms with van der Waals surface area (Å²) in [4.78, 5) is 38.5. The second kappa shape index (κ2) is 13.6. The van der Waals surface area contributed by atoms with Crippen molar-refractivity contribution >= 4 is 39.8 Å². The Morgan fingerprint density at radius 2 is 1.49 bits per heavy atom. The quantitative estimate of drug-likeness (QED) is 0.188. The Kier molecular flexibility index (Phi) is 9.76. The summed E-state index contributed by atoms with van der Waals surface area (Å²) in [6.07, 6.45) is -0.778. The van der Waals surface area contributed by atoms with Crippen molar-refractivity contribution in [3.05, 3.63) is 94.9 Å². The van der Waals surface area contributed by atoms with E-state index in [0.29, 0.717) is 39.7 Å². The standard InChI is InChI=1S/C32H32N2O6S/c1-5-38-25-17-13-24(14-18-25)33-29(35)21(4)40-26-15-11-23(12-16-26)30(36)34-31-28(32(37)39-6-2)27(19-41-31)22-9-7-20(3)8-10-22/h7-19,21H,5-6H2,1-4H3,(H,33,35)(H,34,36). The molecule has 1 aromatic heterocycles. The third-order valence-corrected chi connectivity index (χ3v) is 6.99. The van der Waals surface area contributed by atoms with Gasteiger partial charge in [-0.1, -0.05) is 29.8 Å². The fourth-order valence-corrected chi connectivity index (χ4v) is 4.92. The van der Waals surface area contributed by atoms with Gasteiger partial charge in [-0.3, -0.25) is 9.59 Å². The molecule has 0 saturated heterocycles. The molecule has 2 N–H and O–H groups in total. The SMILES string of the molecule is CCOC(=O)c1c(-c2ccc(C)cc2)csc1NC(=O)c1ccc(OC(C)C(=O)Nc2ccc(OCC)cc2)cc1. The number of carbonyl (C=O) groups is 3. The van der Waals surface area contributed by atoms with Crippen LogP contribution in [-0.2, 0) is 9.53 Å². The van der Waals surface area contributed by atoms with Crippen LogP contribution in [0.2, 0.25) is 0 Å². The van der Waals surface area contributed by atoms with Gasteiger partial charge < -0.3 is 24.8 Å². The molecule has 0 aliphatic carbocycles. The molecule has 4 rings (SSSR count). The highest BCUT2D eigenvalue weighted by atomic mass is 32.1. The average molecular weight is 573 g/mol. The summed E-state index contributed by atoms with van der Waals surface area (Å²) in [5, 5.41) is 7.90. The second-order valence-electron chi connectivity index (χ2n) is 9.13. The highest BCUT2D eigenvalue weighted by molar-refractivity contribution is 7.15. The van der Waals surface area contributed by atoms with Crippen LogP contribution in [0.5, 0.6) is 11.5 Å². The number of esters is 1. The fraction of sp³-hybridized carbons (Fsp3) is 0.219. The molecule has 0 bridgehead atoms. The Bertz CT molecular complexity index is 1490. The zero-order valence-electron chi connectivity index (χ0n) is 23.4. The summed E-state index contributed by atoms with van der Waals surface area (Å²) in [5.41, 5.74) is 3.97. The summed E-state index contributed by atoms with van der Waals surface area (Å²) in [6, 6.07) is 21.3. The van der Waals surface area contributed by atoms with Gasteiger partial charge >= 0.3 is 5.97 Å². The second-order valence-corrected chi connectivity index (χ2v) is 10.0. The minimum Gasteiger partial charge on any atom is -0.494 e. The molecule has 212 valence electrons. The minimum absolute atomic E-state index is 0.216. The van der Waals surface area contributed by atoms with Gasteiger partial charge in [0.05, 0.1) is 13.2 Å². The lowest BCUT2D eigenvalue weighted by Gasteiger charge is -2.15. The van der Waals surface area contributed by atoms with E-state index in [1.54, 1.807) is 62.4 Å². The number of hydrogen-bond acceptors (Lipinski definition) is 7. The van der Waals surface area contributed by atoms with Crippen LogP contribution in [0.1, 0.15) is 47.1 Å². The van der Waals surface area contributed by atoms with Gasteiger partial charge in [0, 0.05) is 22.2 Å². The average Bonchev–Trinajstić information content (AvgIpc) is 3.38. The molecule has 0 radical (unpaired) electrons. The van der Waals surface area contributed by atoms with Crippen LogP contribution in [0.15, 0.2) is 78.2 Å². The van der Waals surface area contributed by atoms with E-state index in [4.69, 9.17) is 14.2 Å². The molecule has 2 amide bonds. The topological polar surface area (TPSA) is 103 Å². The van der Waals surface area contributed by atoms with Gasteiger partial charge in [-0.15, -0.1) is 11.3 Å². The van der Waals surface area contributed by atoms with Crippen molar-refractivity contribution < 1.29 is 28.6 Å². The Morgan fingerprint density at radius 1 is 0.829 bits per heavy atom. The lowest BCUT2D eigenvalue weighted by atomic mass is 10.0. The van der Waals surface area contributed by atoms with Gasteiger partial charge in [-0.25, -0.2) is 4.79 Å². The molecule has 0 aliphatic heterocycles. The molecule has 3 aromatic carbocycles. The molecule has 1 atom stereocenters. The molecule has 8 nitrogen and oxygen atoms in total. The lowest BCUT2D eigenvalue weighted by Crippen LogP contribution is -2.30. The van der Waals surface area contributed by atoms with Gasteiger partial charge in [-0.05, 0) is 81.8 Å². The van der Waals surface area contributed by atoms with Crippen LogP contribution < -0.4 is 20.1 Å². The molecule has 9 heteroatoms. The third-order valence-electron chi connectivity index (χ3n) is 6.09. The van der Waals surface area contributed by atoms with Crippen molar-refractivity contribution in [1.82, 2.24) is 0 Å². The number of carbonyl (C=O) groups excluding carboxylic acids is 3. The summed E-state index contributed by atoms with van der Waals surface area (Å²) < 4.78 is 16.5. The normalized spacial score (nSPS) is 11.3. The largest absolute Gasteiger partial charge is 0.494 e. The summed E-state index contributed by atoms with van der Waals surface area (Å²) in [5.74, 6) is -0.0474. The number of benzene rings is 3. The summed E-state index contributed by atoms with van der Waals surface area (Å²) in [7, 11) is 0. The molecule has 4 aromatic rings. The van der Waals surface area contributed by atoms with E-state index >= 15 is 0 Å². The number of ether oxygens (including phenoxy) is 3. The zero-order valence-corrected chi connectivity index (χ0v) is 24.2. The monoisotopic (exact) mass is 572 g/mol. The van der Waals surface area contributed by atoms with E-state index in [-0.39, 0.29) is 18.4 Å². The number of anilines is 2. The first-order chi connectivity index (χ1) is 19.8. The maximum absolute atomic E-state index is 13.1. The first-order valence-electron chi connectivity index (χ1n) is 13.3. The third kappa shape index (κ3) is 7.52. The smallest absolute Gasteiger partial charge is 0.341 e. The van der Waals surface area contributed by atoms with E-state index < -0.39 is 12.1 Å². The molecule has 1 unspecified atom stereocenters. The van der Waals surface area contributed by atoms with Crippen molar-refractivity contribution in [2.75, 3.05) is 23.8 Å². The molecule has 0 aliphatic rings. The molecule has 0 saturated carbocycles. The number of nitrogens with one attached hydrogen (secondary N) is 2. The number of hydrogen-bond donors (Lipinski definition) is 2. The van der Waals surface area contributed by atoms with Crippen LogP contribution in [-0.4, -0.2) is 37.1 Å². The maximum Gasteiger partial charge on any atom is 0.341 e. The Labute approximate surface area is 243 Å². The Morgan fingerprint density at radius 3 is 2.12 bits per heavy atom.